The van der Waals surface area contributed by atoms with E-state index in [2.05, 4.69) is 10.0 Å². The van der Waals surface area contributed by atoms with Crippen molar-refractivity contribution in [3.05, 3.63) is 46.3 Å². The fraction of sp³-hybridized carbons (Fsp3) is 0.667. The maximum absolute atomic E-state index is 8.91. The molecule has 2 rings (SSSR count). The second kappa shape index (κ2) is 11.1. The Morgan fingerprint density at radius 3 is 2.46 bits per heavy atom. The van der Waals surface area contributed by atoms with Crippen molar-refractivity contribution in [2.45, 2.75) is 51.1 Å². The van der Waals surface area contributed by atoms with Crippen molar-refractivity contribution >= 4 is 0 Å². The SMILES string of the molecule is CCOC1OC(COCc2ccccc2)[C@@H](OC)[C@H](OCC)C1N=[N+]=[N-]. The average Bonchev–Trinajstić information content (AvgIpc) is 2.66. The van der Waals surface area contributed by atoms with Crippen LogP contribution >= 0.6 is 0 Å². The van der Waals surface area contributed by atoms with Gasteiger partial charge in [-0.05, 0) is 24.9 Å². The van der Waals surface area contributed by atoms with Crippen molar-refractivity contribution in [2.75, 3.05) is 26.9 Å². The van der Waals surface area contributed by atoms with Gasteiger partial charge in [0.15, 0.2) is 6.29 Å². The van der Waals surface area contributed by atoms with Crippen LogP contribution in [0.15, 0.2) is 35.4 Å². The molecule has 0 saturated carbocycles. The molecule has 0 aliphatic carbocycles. The summed E-state index contributed by atoms with van der Waals surface area (Å²) in [6.07, 6.45) is -2.01. The second-order valence-corrected chi connectivity index (χ2v) is 5.81. The number of hydrogen-bond acceptors (Lipinski definition) is 6. The molecule has 144 valence electrons. The Morgan fingerprint density at radius 2 is 1.85 bits per heavy atom. The average molecular weight is 365 g/mol. The first-order valence-corrected chi connectivity index (χ1v) is 8.82. The Hall–Kier alpha value is -1.67. The Bertz CT molecular complexity index is 567. The Kier molecular flexibility index (Phi) is 8.84. The van der Waals surface area contributed by atoms with Crippen molar-refractivity contribution in [3.63, 3.8) is 0 Å². The Morgan fingerprint density at radius 1 is 1.12 bits per heavy atom. The van der Waals surface area contributed by atoms with Gasteiger partial charge in [-0.2, -0.15) is 0 Å². The van der Waals surface area contributed by atoms with E-state index >= 15 is 0 Å². The summed E-state index contributed by atoms with van der Waals surface area (Å²) in [5, 5.41) is 3.83. The zero-order valence-electron chi connectivity index (χ0n) is 15.5. The molecule has 1 fully saturated rings. The van der Waals surface area contributed by atoms with Gasteiger partial charge in [0.25, 0.3) is 0 Å². The molecule has 1 aromatic rings. The zero-order chi connectivity index (χ0) is 18.8. The molecular weight excluding hydrogens is 338 g/mol. The van der Waals surface area contributed by atoms with E-state index in [9.17, 15) is 0 Å². The lowest BCUT2D eigenvalue weighted by molar-refractivity contribution is -0.277. The van der Waals surface area contributed by atoms with Gasteiger partial charge in [-0.25, -0.2) is 0 Å². The molecule has 0 aromatic heterocycles. The molecule has 1 saturated heterocycles. The monoisotopic (exact) mass is 365 g/mol. The summed E-state index contributed by atoms with van der Waals surface area (Å²) in [5.41, 5.74) is 9.98. The van der Waals surface area contributed by atoms with Crippen molar-refractivity contribution in [2.24, 2.45) is 5.11 Å². The molecule has 1 aliphatic heterocycles. The predicted octanol–water partition coefficient (Wildman–Crippen LogP) is 3.06. The lowest BCUT2D eigenvalue weighted by atomic mass is 9.97. The van der Waals surface area contributed by atoms with E-state index in [1.54, 1.807) is 7.11 Å². The third-order valence-corrected chi connectivity index (χ3v) is 4.16. The standard InChI is InChI=1S/C18H27N3O5/c1-4-24-17-15(20-21-19)18(25-5-2)26-14(16(17)22-3)12-23-11-13-9-7-6-8-10-13/h6-10,14-18H,4-5,11-12H2,1-3H3/t14?,15?,16-,17-,18?/m1/s1. The third kappa shape index (κ3) is 5.41. The summed E-state index contributed by atoms with van der Waals surface area (Å²) < 4.78 is 28.9. The fourth-order valence-corrected chi connectivity index (χ4v) is 3.05. The van der Waals surface area contributed by atoms with E-state index in [1.165, 1.54) is 0 Å². The molecule has 5 atom stereocenters. The number of azide groups is 1. The molecule has 0 N–H and O–H groups in total. The highest BCUT2D eigenvalue weighted by atomic mass is 16.7. The van der Waals surface area contributed by atoms with Gasteiger partial charge in [0.05, 0.1) is 19.3 Å². The van der Waals surface area contributed by atoms with Crippen molar-refractivity contribution in [1.29, 1.82) is 0 Å². The van der Waals surface area contributed by atoms with Gasteiger partial charge in [-0.3, -0.25) is 0 Å². The van der Waals surface area contributed by atoms with Crippen LogP contribution in [0.5, 0.6) is 0 Å². The molecule has 1 aromatic carbocycles. The first kappa shape index (κ1) is 20.6. The predicted molar refractivity (Wildman–Crippen MR) is 95.5 cm³/mol. The molecule has 3 unspecified atom stereocenters. The van der Waals surface area contributed by atoms with Crippen LogP contribution in [0, 0.1) is 0 Å². The van der Waals surface area contributed by atoms with Crippen LogP contribution in [0.3, 0.4) is 0 Å². The van der Waals surface area contributed by atoms with Gasteiger partial charge in [-0.1, -0.05) is 35.4 Å². The van der Waals surface area contributed by atoms with E-state index in [4.69, 9.17) is 29.2 Å². The summed E-state index contributed by atoms with van der Waals surface area (Å²) in [6.45, 7) is 5.40. The van der Waals surface area contributed by atoms with E-state index in [0.29, 0.717) is 26.4 Å². The normalized spacial score (nSPS) is 28.5. The molecular formula is C18H27N3O5. The number of ether oxygens (including phenoxy) is 5. The van der Waals surface area contributed by atoms with E-state index in [0.717, 1.165) is 5.56 Å². The summed E-state index contributed by atoms with van der Waals surface area (Å²) >= 11 is 0. The fourth-order valence-electron chi connectivity index (χ4n) is 3.05. The third-order valence-electron chi connectivity index (χ3n) is 4.16. The molecule has 8 nitrogen and oxygen atoms in total. The van der Waals surface area contributed by atoms with Crippen molar-refractivity contribution in [3.8, 4) is 0 Å². The maximum Gasteiger partial charge on any atom is 0.169 e. The number of nitrogens with zero attached hydrogens (tertiary/aromatic N) is 3. The highest BCUT2D eigenvalue weighted by molar-refractivity contribution is 5.13. The van der Waals surface area contributed by atoms with E-state index < -0.39 is 30.6 Å². The topological polar surface area (TPSA) is 94.9 Å². The first-order chi connectivity index (χ1) is 12.7. The second-order valence-electron chi connectivity index (χ2n) is 5.81. The van der Waals surface area contributed by atoms with Crippen LogP contribution in [-0.4, -0.2) is 57.6 Å². The summed E-state index contributed by atoms with van der Waals surface area (Å²) in [5.74, 6) is 0. The van der Waals surface area contributed by atoms with Crippen LogP contribution in [0.2, 0.25) is 0 Å². The highest BCUT2D eigenvalue weighted by Crippen LogP contribution is 2.29. The molecule has 26 heavy (non-hydrogen) atoms. The van der Waals surface area contributed by atoms with E-state index in [1.807, 2.05) is 44.2 Å². The lowest BCUT2D eigenvalue weighted by Crippen LogP contribution is -2.60. The highest BCUT2D eigenvalue weighted by Gasteiger charge is 2.47. The number of hydrogen-bond donors (Lipinski definition) is 0. The first-order valence-electron chi connectivity index (χ1n) is 8.82. The molecule has 1 aliphatic rings. The lowest BCUT2D eigenvalue weighted by Gasteiger charge is -2.44. The van der Waals surface area contributed by atoms with Crippen LogP contribution in [0.25, 0.3) is 10.4 Å². The summed E-state index contributed by atoms with van der Waals surface area (Å²) in [6, 6.07) is 9.26. The van der Waals surface area contributed by atoms with Gasteiger partial charge in [0, 0.05) is 25.2 Å². The van der Waals surface area contributed by atoms with Crippen LogP contribution in [0.4, 0.5) is 0 Å². The van der Waals surface area contributed by atoms with Gasteiger partial charge < -0.3 is 23.7 Å². The quantitative estimate of drug-likeness (QED) is 0.361. The van der Waals surface area contributed by atoms with Crippen LogP contribution in [0.1, 0.15) is 19.4 Å². The molecule has 0 spiro atoms. The Labute approximate surface area is 154 Å². The van der Waals surface area contributed by atoms with Gasteiger partial charge in [0.2, 0.25) is 0 Å². The molecule has 0 amide bonds. The smallest absolute Gasteiger partial charge is 0.169 e. The number of benzene rings is 1. The number of rotatable bonds is 10. The van der Waals surface area contributed by atoms with Gasteiger partial charge >= 0.3 is 0 Å². The molecule has 1 heterocycles. The molecule has 0 bridgehead atoms. The van der Waals surface area contributed by atoms with Crippen molar-refractivity contribution in [1.82, 2.24) is 0 Å². The summed E-state index contributed by atoms with van der Waals surface area (Å²) in [7, 11) is 1.58. The maximum atomic E-state index is 8.91. The van der Waals surface area contributed by atoms with Gasteiger partial charge in [-0.15, -0.1) is 0 Å². The minimum absolute atomic E-state index is 0.309. The van der Waals surface area contributed by atoms with Crippen molar-refractivity contribution < 1.29 is 23.7 Å². The van der Waals surface area contributed by atoms with E-state index in [-0.39, 0.29) is 0 Å². The minimum atomic E-state index is -0.704. The summed E-state index contributed by atoms with van der Waals surface area (Å²) in [4.78, 5) is 2.92. The molecule has 0 radical (unpaired) electrons. The molecule has 8 heteroatoms. The number of methoxy groups -OCH3 is 1. The van der Waals surface area contributed by atoms with Gasteiger partial charge in [0.1, 0.15) is 18.2 Å². The minimum Gasteiger partial charge on any atom is -0.376 e. The largest absolute Gasteiger partial charge is 0.376 e. The van der Waals surface area contributed by atoms with Crippen LogP contribution < -0.4 is 0 Å². The Balaban J connectivity index is 2.08. The van der Waals surface area contributed by atoms with Crippen LogP contribution in [-0.2, 0) is 30.3 Å². The zero-order valence-corrected chi connectivity index (χ0v) is 15.5.